The lowest BCUT2D eigenvalue weighted by Crippen LogP contribution is -2.31. The number of carbonyl (C=O) groups is 2. The van der Waals surface area contributed by atoms with Gasteiger partial charge >= 0.3 is 0 Å². The zero-order valence-electron chi connectivity index (χ0n) is 15.4. The highest BCUT2D eigenvalue weighted by Crippen LogP contribution is 2.25. The molecular weight excluding hydrogens is 326 g/mol. The smallest absolute Gasteiger partial charge is 0.258 e. The standard InChI is InChI=1S/C22H25NO3/c1-15(18-12-11-17-7-3-4-8-19(17)13-18)23-22(25)14-26-21-10-6-5-9-20(21)16(2)24/h5-6,9-13,15H,3-4,7-8,14H2,1-2H3,(H,23,25). The molecule has 3 rings (SSSR count). The number of aryl methyl sites for hydroxylation is 2. The molecule has 0 saturated carbocycles. The van der Waals surface area contributed by atoms with Crippen molar-refractivity contribution in [2.45, 2.75) is 45.6 Å². The molecule has 1 unspecified atom stereocenters. The number of benzene rings is 2. The fourth-order valence-electron chi connectivity index (χ4n) is 3.42. The second-order valence-electron chi connectivity index (χ2n) is 6.87. The van der Waals surface area contributed by atoms with Gasteiger partial charge in [0.1, 0.15) is 5.75 Å². The molecule has 4 heteroatoms. The van der Waals surface area contributed by atoms with Crippen LogP contribution in [0.4, 0.5) is 0 Å². The summed E-state index contributed by atoms with van der Waals surface area (Å²) >= 11 is 0. The molecule has 1 amide bonds. The first-order valence-corrected chi connectivity index (χ1v) is 9.18. The quantitative estimate of drug-likeness (QED) is 0.800. The van der Waals surface area contributed by atoms with Crippen molar-refractivity contribution in [1.82, 2.24) is 5.32 Å². The number of nitrogens with one attached hydrogen (secondary N) is 1. The first kappa shape index (κ1) is 18.2. The van der Waals surface area contributed by atoms with E-state index in [-0.39, 0.29) is 24.3 Å². The second-order valence-corrected chi connectivity index (χ2v) is 6.87. The molecule has 136 valence electrons. The molecule has 1 atom stereocenters. The lowest BCUT2D eigenvalue weighted by molar-refractivity contribution is -0.123. The van der Waals surface area contributed by atoms with Gasteiger partial charge < -0.3 is 10.1 Å². The third-order valence-corrected chi connectivity index (χ3v) is 4.88. The van der Waals surface area contributed by atoms with E-state index in [1.165, 1.54) is 30.9 Å². The zero-order valence-corrected chi connectivity index (χ0v) is 15.4. The topological polar surface area (TPSA) is 55.4 Å². The van der Waals surface area contributed by atoms with Crippen molar-refractivity contribution in [1.29, 1.82) is 0 Å². The van der Waals surface area contributed by atoms with Gasteiger partial charge in [-0.25, -0.2) is 0 Å². The number of hydrogen-bond acceptors (Lipinski definition) is 3. The highest BCUT2D eigenvalue weighted by molar-refractivity contribution is 5.96. The average Bonchev–Trinajstić information content (AvgIpc) is 2.66. The van der Waals surface area contributed by atoms with Crippen molar-refractivity contribution in [2.24, 2.45) is 0 Å². The zero-order chi connectivity index (χ0) is 18.5. The van der Waals surface area contributed by atoms with E-state index in [2.05, 4.69) is 23.5 Å². The van der Waals surface area contributed by atoms with Crippen LogP contribution in [0.25, 0.3) is 0 Å². The minimum absolute atomic E-state index is 0.0802. The highest BCUT2D eigenvalue weighted by atomic mass is 16.5. The molecule has 0 fully saturated rings. The average molecular weight is 351 g/mol. The molecule has 4 nitrogen and oxygen atoms in total. The Kier molecular flexibility index (Phi) is 5.71. The summed E-state index contributed by atoms with van der Waals surface area (Å²) < 4.78 is 5.55. The number of carbonyl (C=O) groups excluding carboxylic acids is 2. The second kappa shape index (κ2) is 8.17. The number of fused-ring (bicyclic) bond motifs is 1. The molecule has 2 aromatic carbocycles. The summed E-state index contributed by atoms with van der Waals surface area (Å²) in [4.78, 5) is 23.9. The largest absolute Gasteiger partial charge is 0.483 e. The first-order chi connectivity index (χ1) is 12.5. The number of ether oxygens (including phenoxy) is 1. The maximum atomic E-state index is 12.2. The molecule has 1 N–H and O–H groups in total. The Morgan fingerprint density at radius 1 is 1.08 bits per heavy atom. The van der Waals surface area contributed by atoms with Crippen LogP contribution in [-0.4, -0.2) is 18.3 Å². The molecule has 26 heavy (non-hydrogen) atoms. The Morgan fingerprint density at radius 3 is 2.58 bits per heavy atom. The molecule has 0 spiro atoms. The SMILES string of the molecule is CC(=O)c1ccccc1OCC(=O)NC(C)c1ccc2c(c1)CCCC2. The van der Waals surface area contributed by atoms with Crippen LogP contribution in [-0.2, 0) is 17.6 Å². The summed E-state index contributed by atoms with van der Waals surface area (Å²) in [5.74, 6) is 0.161. The minimum Gasteiger partial charge on any atom is -0.483 e. The third kappa shape index (κ3) is 4.31. The van der Waals surface area contributed by atoms with Crippen LogP contribution in [0.1, 0.15) is 59.8 Å². The van der Waals surface area contributed by atoms with Gasteiger partial charge in [-0.2, -0.15) is 0 Å². The maximum absolute atomic E-state index is 12.2. The van der Waals surface area contributed by atoms with Gasteiger partial charge in [0.25, 0.3) is 5.91 Å². The van der Waals surface area contributed by atoms with E-state index in [4.69, 9.17) is 4.74 Å². The molecule has 0 heterocycles. The van der Waals surface area contributed by atoms with Crippen molar-refractivity contribution in [3.8, 4) is 5.75 Å². The molecule has 0 aromatic heterocycles. The summed E-state index contributed by atoms with van der Waals surface area (Å²) in [7, 11) is 0. The van der Waals surface area contributed by atoms with Crippen LogP contribution in [0.3, 0.4) is 0 Å². The van der Waals surface area contributed by atoms with Crippen molar-refractivity contribution in [3.05, 3.63) is 64.7 Å². The molecule has 0 bridgehead atoms. The fraction of sp³-hybridized carbons (Fsp3) is 0.364. The number of Topliss-reactive ketones (excluding diaryl/α,β-unsaturated/α-hetero) is 1. The molecule has 1 aliphatic rings. The van der Waals surface area contributed by atoms with Crippen molar-refractivity contribution < 1.29 is 14.3 Å². The summed E-state index contributed by atoms with van der Waals surface area (Å²) in [6, 6.07) is 13.4. The highest BCUT2D eigenvalue weighted by Gasteiger charge is 2.15. The van der Waals surface area contributed by atoms with Gasteiger partial charge in [0.05, 0.1) is 11.6 Å². The van der Waals surface area contributed by atoms with E-state index in [1.807, 2.05) is 6.92 Å². The summed E-state index contributed by atoms with van der Waals surface area (Å²) in [5, 5.41) is 2.97. The Morgan fingerprint density at radius 2 is 1.81 bits per heavy atom. The Bertz CT molecular complexity index is 813. The van der Waals surface area contributed by atoms with E-state index in [9.17, 15) is 9.59 Å². The van der Waals surface area contributed by atoms with Crippen molar-refractivity contribution >= 4 is 11.7 Å². The number of para-hydroxylation sites is 1. The summed E-state index contributed by atoms with van der Waals surface area (Å²) in [6.45, 7) is 3.35. The van der Waals surface area contributed by atoms with Gasteiger partial charge in [-0.05, 0) is 68.4 Å². The van der Waals surface area contributed by atoms with Crippen LogP contribution in [0, 0.1) is 0 Å². The molecule has 0 saturated heterocycles. The predicted molar refractivity (Wildman–Crippen MR) is 102 cm³/mol. The Hall–Kier alpha value is -2.62. The maximum Gasteiger partial charge on any atom is 0.258 e. The van der Waals surface area contributed by atoms with Gasteiger partial charge in [0.15, 0.2) is 12.4 Å². The lowest BCUT2D eigenvalue weighted by atomic mass is 9.89. The molecule has 2 aromatic rings. The van der Waals surface area contributed by atoms with E-state index in [1.54, 1.807) is 24.3 Å². The van der Waals surface area contributed by atoms with E-state index in [0.717, 1.165) is 18.4 Å². The number of hydrogen-bond donors (Lipinski definition) is 1. The number of amides is 1. The van der Waals surface area contributed by atoms with Gasteiger partial charge in [0.2, 0.25) is 0 Å². The van der Waals surface area contributed by atoms with Gasteiger partial charge in [-0.15, -0.1) is 0 Å². The molecule has 1 aliphatic carbocycles. The van der Waals surface area contributed by atoms with Crippen LogP contribution >= 0.6 is 0 Å². The van der Waals surface area contributed by atoms with Crippen LogP contribution in [0.15, 0.2) is 42.5 Å². The van der Waals surface area contributed by atoms with Crippen LogP contribution in [0.5, 0.6) is 5.75 Å². The van der Waals surface area contributed by atoms with Crippen LogP contribution < -0.4 is 10.1 Å². The van der Waals surface area contributed by atoms with E-state index in [0.29, 0.717) is 11.3 Å². The first-order valence-electron chi connectivity index (χ1n) is 9.18. The molecule has 0 radical (unpaired) electrons. The molecule has 0 aliphatic heterocycles. The third-order valence-electron chi connectivity index (χ3n) is 4.88. The minimum atomic E-state index is -0.200. The Labute approximate surface area is 154 Å². The molecular formula is C22H25NO3. The van der Waals surface area contributed by atoms with Crippen LogP contribution in [0.2, 0.25) is 0 Å². The number of ketones is 1. The fourth-order valence-corrected chi connectivity index (χ4v) is 3.42. The lowest BCUT2D eigenvalue weighted by Gasteiger charge is -2.20. The van der Waals surface area contributed by atoms with Gasteiger partial charge in [0, 0.05) is 0 Å². The van der Waals surface area contributed by atoms with Gasteiger partial charge in [-0.3, -0.25) is 9.59 Å². The monoisotopic (exact) mass is 351 g/mol. The Balaban J connectivity index is 1.59. The predicted octanol–water partition coefficient (Wildman–Crippen LogP) is 4.02. The normalized spacial score (nSPS) is 14.2. The van der Waals surface area contributed by atoms with Gasteiger partial charge in [-0.1, -0.05) is 30.3 Å². The van der Waals surface area contributed by atoms with E-state index < -0.39 is 0 Å². The van der Waals surface area contributed by atoms with E-state index >= 15 is 0 Å². The van der Waals surface area contributed by atoms with Crippen molar-refractivity contribution in [2.75, 3.05) is 6.61 Å². The number of rotatable bonds is 6. The summed E-state index contributed by atoms with van der Waals surface area (Å²) in [6.07, 6.45) is 4.77. The summed E-state index contributed by atoms with van der Waals surface area (Å²) in [5.41, 5.74) is 4.44. The van der Waals surface area contributed by atoms with Crippen molar-refractivity contribution in [3.63, 3.8) is 0 Å².